The zero-order valence-electron chi connectivity index (χ0n) is 12.0. The third kappa shape index (κ3) is 3.89. The number of carbonyl (C=O) groups is 1. The second-order valence-corrected chi connectivity index (χ2v) is 5.75. The van der Waals surface area contributed by atoms with E-state index < -0.39 is 0 Å². The number of aromatic nitrogens is 1. The van der Waals surface area contributed by atoms with Crippen molar-refractivity contribution in [1.82, 2.24) is 4.98 Å². The van der Waals surface area contributed by atoms with Crippen molar-refractivity contribution in [3.8, 4) is 0 Å². The van der Waals surface area contributed by atoms with Gasteiger partial charge < -0.3 is 5.32 Å². The molecule has 1 aromatic heterocycles. The molecule has 0 radical (unpaired) electrons. The van der Waals surface area contributed by atoms with Crippen LogP contribution in [0.3, 0.4) is 0 Å². The Morgan fingerprint density at radius 3 is 2.74 bits per heavy atom. The molecule has 114 valence electrons. The van der Waals surface area contributed by atoms with E-state index in [0.29, 0.717) is 15.7 Å². The van der Waals surface area contributed by atoms with Crippen LogP contribution in [0.25, 0.3) is 17.0 Å². The van der Waals surface area contributed by atoms with Gasteiger partial charge in [0.25, 0.3) is 0 Å². The Labute approximate surface area is 143 Å². The van der Waals surface area contributed by atoms with Gasteiger partial charge in [-0.25, -0.2) is 0 Å². The van der Waals surface area contributed by atoms with Crippen molar-refractivity contribution in [2.75, 3.05) is 5.32 Å². The first-order chi connectivity index (χ1) is 11.1. The third-order valence-electron chi connectivity index (χ3n) is 3.23. The molecule has 3 rings (SSSR count). The lowest BCUT2D eigenvalue weighted by atomic mass is 10.2. The average Bonchev–Trinajstić information content (AvgIpc) is 2.54. The number of nitrogens with one attached hydrogen (secondary N) is 1. The van der Waals surface area contributed by atoms with Crippen LogP contribution in [-0.2, 0) is 4.79 Å². The van der Waals surface area contributed by atoms with Crippen LogP contribution in [0, 0.1) is 0 Å². The number of hydrogen-bond acceptors (Lipinski definition) is 2. The van der Waals surface area contributed by atoms with Gasteiger partial charge in [-0.3, -0.25) is 9.78 Å². The van der Waals surface area contributed by atoms with Crippen molar-refractivity contribution >= 4 is 51.8 Å². The maximum absolute atomic E-state index is 12.0. The Kier molecular flexibility index (Phi) is 4.60. The second-order valence-electron chi connectivity index (χ2n) is 4.91. The highest BCUT2D eigenvalue weighted by Gasteiger charge is 2.02. The Hall–Kier alpha value is -2.36. The van der Waals surface area contributed by atoms with Crippen LogP contribution in [-0.4, -0.2) is 10.9 Å². The molecule has 2 aromatic carbocycles. The summed E-state index contributed by atoms with van der Waals surface area (Å²) in [5.74, 6) is -0.256. The first-order valence-corrected chi connectivity index (χ1v) is 7.66. The minimum Gasteiger partial charge on any atom is -0.321 e. The molecule has 1 N–H and O–H groups in total. The van der Waals surface area contributed by atoms with Crippen LogP contribution >= 0.6 is 23.2 Å². The second kappa shape index (κ2) is 6.82. The standard InChI is InChI=1S/C18H12Cl2N2O/c19-14-7-5-12(16(20)10-14)6-8-18(23)22-15-9-13-3-1-2-4-17(13)21-11-15/h1-11H,(H,22,23)/b8-6+. The maximum atomic E-state index is 12.0. The van der Waals surface area contributed by atoms with Crippen molar-refractivity contribution < 1.29 is 4.79 Å². The molecular formula is C18H12Cl2N2O. The van der Waals surface area contributed by atoms with Crippen molar-refractivity contribution in [3.05, 3.63) is 76.4 Å². The van der Waals surface area contributed by atoms with Crippen molar-refractivity contribution in [3.63, 3.8) is 0 Å². The normalized spacial score (nSPS) is 11.0. The highest BCUT2D eigenvalue weighted by Crippen LogP contribution is 2.22. The minimum atomic E-state index is -0.256. The number of anilines is 1. The third-order valence-corrected chi connectivity index (χ3v) is 3.80. The first kappa shape index (κ1) is 15.5. The Morgan fingerprint density at radius 2 is 1.91 bits per heavy atom. The predicted molar refractivity (Wildman–Crippen MR) is 95.9 cm³/mol. The summed E-state index contributed by atoms with van der Waals surface area (Å²) in [5.41, 5.74) is 2.25. The van der Waals surface area contributed by atoms with Gasteiger partial charge >= 0.3 is 0 Å². The first-order valence-electron chi connectivity index (χ1n) is 6.91. The molecule has 5 heteroatoms. The molecule has 3 nitrogen and oxygen atoms in total. The lowest BCUT2D eigenvalue weighted by Crippen LogP contribution is -2.07. The number of pyridine rings is 1. The lowest BCUT2D eigenvalue weighted by Gasteiger charge is -2.04. The Balaban J connectivity index is 1.74. The molecule has 0 saturated carbocycles. The van der Waals surface area contributed by atoms with Gasteiger partial charge in [0.2, 0.25) is 5.91 Å². The fraction of sp³-hybridized carbons (Fsp3) is 0. The van der Waals surface area contributed by atoms with Gasteiger partial charge in [-0.1, -0.05) is 47.5 Å². The van der Waals surface area contributed by atoms with Crippen LogP contribution in [0.1, 0.15) is 5.56 Å². The van der Waals surface area contributed by atoms with Gasteiger partial charge in [0, 0.05) is 21.5 Å². The summed E-state index contributed by atoms with van der Waals surface area (Å²) in [5, 5.41) is 4.79. The number of rotatable bonds is 3. The van der Waals surface area contributed by atoms with Crippen LogP contribution < -0.4 is 5.32 Å². The summed E-state index contributed by atoms with van der Waals surface area (Å²) in [4.78, 5) is 16.3. The summed E-state index contributed by atoms with van der Waals surface area (Å²) < 4.78 is 0. The molecule has 3 aromatic rings. The molecule has 0 atom stereocenters. The van der Waals surface area contributed by atoms with Crippen LogP contribution in [0.4, 0.5) is 5.69 Å². The molecule has 0 fully saturated rings. The van der Waals surface area contributed by atoms with E-state index in [-0.39, 0.29) is 5.91 Å². The van der Waals surface area contributed by atoms with Crippen LogP contribution in [0.15, 0.2) is 60.8 Å². The number of hydrogen-bond donors (Lipinski definition) is 1. The highest BCUT2D eigenvalue weighted by atomic mass is 35.5. The topological polar surface area (TPSA) is 42.0 Å². The minimum absolute atomic E-state index is 0.256. The number of fused-ring (bicyclic) bond motifs is 1. The van der Waals surface area contributed by atoms with Gasteiger partial charge in [-0.05, 0) is 35.9 Å². The number of nitrogens with zero attached hydrogens (tertiary/aromatic N) is 1. The smallest absolute Gasteiger partial charge is 0.248 e. The molecule has 0 aliphatic heterocycles. The van der Waals surface area contributed by atoms with E-state index in [4.69, 9.17) is 23.2 Å². The molecule has 0 bridgehead atoms. The fourth-order valence-corrected chi connectivity index (χ4v) is 2.60. The quantitative estimate of drug-likeness (QED) is 0.665. The van der Waals surface area contributed by atoms with Gasteiger partial charge in [-0.15, -0.1) is 0 Å². The predicted octanol–water partition coefficient (Wildman–Crippen LogP) is 5.19. The number of para-hydroxylation sites is 1. The monoisotopic (exact) mass is 342 g/mol. The van der Waals surface area contributed by atoms with Crippen LogP contribution in [0.5, 0.6) is 0 Å². The molecule has 0 aliphatic rings. The summed E-state index contributed by atoms with van der Waals surface area (Å²) in [6, 6.07) is 14.7. The number of amides is 1. The summed E-state index contributed by atoms with van der Waals surface area (Å²) in [6.07, 6.45) is 4.69. The molecule has 0 aliphatic carbocycles. The zero-order valence-corrected chi connectivity index (χ0v) is 13.5. The van der Waals surface area contributed by atoms with Gasteiger partial charge in [0.15, 0.2) is 0 Å². The van der Waals surface area contributed by atoms with Crippen molar-refractivity contribution in [1.29, 1.82) is 0 Å². The van der Waals surface area contributed by atoms with Crippen LogP contribution in [0.2, 0.25) is 10.0 Å². The molecule has 1 heterocycles. The maximum Gasteiger partial charge on any atom is 0.248 e. The fourth-order valence-electron chi connectivity index (χ4n) is 2.13. The van der Waals surface area contributed by atoms with E-state index in [2.05, 4.69) is 10.3 Å². The van der Waals surface area contributed by atoms with E-state index in [1.165, 1.54) is 6.08 Å². The lowest BCUT2D eigenvalue weighted by molar-refractivity contribution is -0.111. The summed E-state index contributed by atoms with van der Waals surface area (Å²) in [6.45, 7) is 0. The van der Waals surface area contributed by atoms with Crippen molar-refractivity contribution in [2.45, 2.75) is 0 Å². The van der Waals surface area contributed by atoms with E-state index in [1.54, 1.807) is 30.5 Å². The van der Waals surface area contributed by atoms with E-state index in [0.717, 1.165) is 16.5 Å². The van der Waals surface area contributed by atoms with Gasteiger partial charge in [0.1, 0.15) is 0 Å². The Bertz CT molecular complexity index is 906. The molecule has 23 heavy (non-hydrogen) atoms. The van der Waals surface area contributed by atoms with Gasteiger partial charge in [0.05, 0.1) is 17.4 Å². The number of halogens is 2. The summed E-state index contributed by atoms with van der Waals surface area (Å²) in [7, 11) is 0. The summed E-state index contributed by atoms with van der Waals surface area (Å²) >= 11 is 11.9. The zero-order chi connectivity index (χ0) is 16.2. The molecule has 0 unspecified atom stereocenters. The molecule has 0 spiro atoms. The number of carbonyl (C=O) groups excluding carboxylic acids is 1. The molecular weight excluding hydrogens is 331 g/mol. The number of benzene rings is 2. The average molecular weight is 343 g/mol. The SMILES string of the molecule is O=C(/C=C/c1ccc(Cl)cc1Cl)Nc1cnc2ccccc2c1. The van der Waals surface area contributed by atoms with Gasteiger partial charge in [-0.2, -0.15) is 0 Å². The molecule has 0 saturated heterocycles. The van der Waals surface area contributed by atoms with E-state index in [1.807, 2.05) is 30.3 Å². The largest absolute Gasteiger partial charge is 0.321 e. The van der Waals surface area contributed by atoms with E-state index >= 15 is 0 Å². The highest BCUT2D eigenvalue weighted by molar-refractivity contribution is 6.35. The van der Waals surface area contributed by atoms with E-state index in [9.17, 15) is 4.79 Å². The Morgan fingerprint density at radius 1 is 1.09 bits per heavy atom. The van der Waals surface area contributed by atoms with Crippen molar-refractivity contribution in [2.24, 2.45) is 0 Å². The molecule has 1 amide bonds.